The van der Waals surface area contributed by atoms with E-state index in [9.17, 15) is 4.57 Å². The van der Waals surface area contributed by atoms with E-state index in [1.807, 2.05) is 36.4 Å². The molecule has 1 atom stereocenters. The molecule has 0 amide bonds. The van der Waals surface area contributed by atoms with Gasteiger partial charge in [0.25, 0.3) is 0 Å². The van der Waals surface area contributed by atoms with Crippen LogP contribution in [0.25, 0.3) is 0 Å². The van der Waals surface area contributed by atoms with Gasteiger partial charge in [0.05, 0.1) is 0 Å². The second-order valence-electron chi connectivity index (χ2n) is 7.84. The predicted octanol–water partition coefficient (Wildman–Crippen LogP) is 6.06. The highest BCUT2D eigenvalue weighted by Crippen LogP contribution is 2.58. The van der Waals surface area contributed by atoms with Crippen LogP contribution in [-0.2, 0) is 4.57 Å². The molecule has 0 aliphatic heterocycles. The van der Waals surface area contributed by atoms with Crippen LogP contribution in [0.15, 0.2) is 72.3 Å². The van der Waals surface area contributed by atoms with Crippen molar-refractivity contribution < 1.29 is 4.57 Å². The Bertz CT molecular complexity index is 744. The summed E-state index contributed by atoms with van der Waals surface area (Å²) in [6, 6.07) is 20.6. The van der Waals surface area contributed by atoms with Crippen molar-refractivity contribution in [3.05, 3.63) is 72.3 Å². The van der Waals surface area contributed by atoms with E-state index < -0.39 is 7.14 Å². The van der Waals surface area contributed by atoms with E-state index in [-0.39, 0.29) is 5.66 Å². The topological polar surface area (TPSA) is 17.1 Å². The second kappa shape index (κ2) is 7.97. The first-order valence-electron chi connectivity index (χ1n) is 10.2. The molecule has 0 heterocycles. The first kappa shape index (κ1) is 17.8. The molecule has 1 fully saturated rings. The number of allylic oxidation sites excluding steroid dienone is 2. The molecule has 0 unspecified atom stereocenters. The van der Waals surface area contributed by atoms with Crippen LogP contribution >= 0.6 is 7.14 Å². The van der Waals surface area contributed by atoms with Gasteiger partial charge in [-0.15, -0.1) is 0 Å². The molecule has 4 rings (SSSR count). The minimum absolute atomic E-state index is 0.190. The molecule has 0 spiro atoms. The monoisotopic (exact) mass is 364 g/mol. The summed E-state index contributed by atoms with van der Waals surface area (Å²) in [5.74, 6) is 0.555. The lowest BCUT2D eigenvalue weighted by Crippen LogP contribution is -2.33. The summed E-state index contributed by atoms with van der Waals surface area (Å²) in [5.41, 5.74) is 1.67. The Kier molecular flexibility index (Phi) is 5.46. The van der Waals surface area contributed by atoms with E-state index >= 15 is 0 Å². The lowest BCUT2D eigenvalue weighted by atomic mass is 9.84. The normalized spacial score (nSPS) is 19.9. The van der Waals surface area contributed by atoms with Gasteiger partial charge in [-0.2, -0.15) is 0 Å². The largest absolute Gasteiger partial charge is 0.313 e. The molecule has 2 aromatic carbocycles. The SMILES string of the molecule is O=P(c1ccccc1)(c1ccccc1)[C@@H](C1=CCCC1)C1CCCCC1. The first-order chi connectivity index (χ1) is 12.8. The Morgan fingerprint density at radius 2 is 1.35 bits per heavy atom. The van der Waals surface area contributed by atoms with E-state index in [0.29, 0.717) is 5.92 Å². The van der Waals surface area contributed by atoms with Crippen LogP contribution < -0.4 is 10.6 Å². The smallest absolute Gasteiger partial charge is 0.150 e. The highest BCUT2D eigenvalue weighted by molar-refractivity contribution is 7.79. The minimum Gasteiger partial charge on any atom is -0.313 e. The third-order valence-electron chi connectivity index (χ3n) is 6.22. The number of rotatable bonds is 5. The lowest BCUT2D eigenvalue weighted by Gasteiger charge is -2.37. The van der Waals surface area contributed by atoms with E-state index in [1.165, 1.54) is 44.1 Å². The fourth-order valence-electron chi connectivity index (χ4n) is 5.02. The van der Waals surface area contributed by atoms with Crippen molar-refractivity contribution in [2.24, 2.45) is 5.92 Å². The van der Waals surface area contributed by atoms with Crippen molar-refractivity contribution in [1.29, 1.82) is 0 Å². The van der Waals surface area contributed by atoms with Gasteiger partial charge in [-0.05, 0) is 38.0 Å². The highest BCUT2D eigenvalue weighted by atomic mass is 31.2. The summed E-state index contributed by atoms with van der Waals surface area (Å²) < 4.78 is 15.0. The van der Waals surface area contributed by atoms with Gasteiger partial charge in [0.1, 0.15) is 7.14 Å². The fourth-order valence-corrected chi connectivity index (χ4v) is 8.78. The maximum atomic E-state index is 15.0. The molecule has 1 saturated carbocycles. The van der Waals surface area contributed by atoms with Crippen LogP contribution in [0, 0.1) is 5.92 Å². The Morgan fingerprint density at radius 3 is 1.85 bits per heavy atom. The maximum Gasteiger partial charge on any atom is 0.150 e. The molecular formula is C24H29OP. The summed E-state index contributed by atoms with van der Waals surface area (Å²) in [7, 11) is -2.72. The molecule has 136 valence electrons. The molecule has 26 heavy (non-hydrogen) atoms. The van der Waals surface area contributed by atoms with Gasteiger partial charge in [0, 0.05) is 16.3 Å². The molecule has 2 heteroatoms. The Balaban J connectivity index is 1.88. The van der Waals surface area contributed by atoms with Crippen molar-refractivity contribution in [3.8, 4) is 0 Å². The van der Waals surface area contributed by atoms with E-state index in [2.05, 4.69) is 30.3 Å². The number of hydrogen-bond donors (Lipinski definition) is 0. The van der Waals surface area contributed by atoms with Gasteiger partial charge in [-0.1, -0.05) is 91.6 Å². The molecule has 0 bridgehead atoms. The van der Waals surface area contributed by atoms with Crippen LogP contribution in [0.1, 0.15) is 51.4 Å². The Hall–Kier alpha value is -1.59. The van der Waals surface area contributed by atoms with Crippen LogP contribution in [-0.4, -0.2) is 5.66 Å². The molecule has 2 aromatic rings. The van der Waals surface area contributed by atoms with Crippen molar-refractivity contribution in [1.82, 2.24) is 0 Å². The van der Waals surface area contributed by atoms with Crippen molar-refractivity contribution in [3.63, 3.8) is 0 Å². The van der Waals surface area contributed by atoms with Gasteiger partial charge in [0.15, 0.2) is 0 Å². The van der Waals surface area contributed by atoms with E-state index in [0.717, 1.165) is 23.5 Å². The Labute approximate surface area is 157 Å². The average molecular weight is 364 g/mol. The summed E-state index contributed by atoms with van der Waals surface area (Å²) in [6.07, 6.45) is 12.3. The van der Waals surface area contributed by atoms with Crippen LogP contribution in [0.3, 0.4) is 0 Å². The standard InChI is InChI=1S/C24H29OP/c25-26(22-16-6-2-7-17-22,23-18-8-3-9-19-23)24(21-14-10-11-15-21)20-12-4-1-5-13-20/h2-3,6-9,14,16-20,24H,1,4-5,10-13,15H2/t24-/m1/s1. The predicted molar refractivity (Wildman–Crippen MR) is 112 cm³/mol. The third kappa shape index (κ3) is 3.35. The van der Waals surface area contributed by atoms with Gasteiger partial charge < -0.3 is 4.57 Å². The van der Waals surface area contributed by atoms with Gasteiger partial charge in [0.2, 0.25) is 0 Å². The zero-order valence-corrected chi connectivity index (χ0v) is 16.4. The Morgan fingerprint density at radius 1 is 0.769 bits per heavy atom. The summed E-state index contributed by atoms with van der Waals surface area (Å²) in [4.78, 5) is 0. The average Bonchev–Trinajstić information content (AvgIpc) is 3.24. The zero-order chi connectivity index (χ0) is 17.8. The molecule has 2 aliphatic carbocycles. The van der Waals surface area contributed by atoms with Crippen LogP contribution in [0.4, 0.5) is 0 Å². The molecular weight excluding hydrogens is 335 g/mol. The van der Waals surface area contributed by atoms with Crippen LogP contribution in [0.5, 0.6) is 0 Å². The highest BCUT2D eigenvalue weighted by Gasteiger charge is 2.43. The van der Waals surface area contributed by atoms with Gasteiger partial charge in [-0.3, -0.25) is 0 Å². The zero-order valence-electron chi connectivity index (χ0n) is 15.5. The quantitative estimate of drug-likeness (QED) is 0.465. The summed E-state index contributed by atoms with van der Waals surface area (Å²) >= 11 is 0. The molecule has 1 nitrogen and oxygen atoms in total. The molecule has 0 saturated heterocycles. The third-order valence-corrected chi connectivity index (χ3v) is 9.89. The molecule has 2 aliphatic rings. The van der Waals surface area contributed by atoms with Gasteiger partial charge >= 0.3 is 0 Å². The molecule has 0 radical (unpaired) electrons. The fraction of sp³-hybridized carbons (Fsp3) is 0.417. The first-order valence-corrected chi connectivity index (χ1v) is 12.0. The van der Waals surface area contributed by atoms with Crippen molar-refractivity contribution >= 4 is 17.8 Å². The van der Waals surface area contributed by atoms with Crippen molar-refractivity contribution in [2.45, 2.75) is 57.0 Å². The lowest BCUT2D eigenvalue weighted by molar-refractivity contribution is 0.354. The second-order valence-corrected chi connectivity index (χ2v) is 10.7. The van der Waals surface area contributed by atoms with E-state index in [1.54, 1.807) is 0 Å². The van der Waals surface area contributed by atoms with Crippen molar-refractivity contribution in [2.75, 3.05) is 0 Å². The maximum absolute atomic E-state index is 15.0. The minimum atomic E-state index is -2.72. The molecule has 0 aromatic heterocycles. The summed E-state index contributed by atoms with van der Waals surface area (Å²) in [6.45, 7) is 0. The van der Waals surface area contributed by atoms with Gasteiger partial charge in [-0.25, -0.2) is 0 Å². The number of hydrogen-bond acceptors (Lipinski definition) is 1. The summed E-state index contributed by atoms with van der Waals surface area (Å²) in [5, 5.41) is 2.07. The molecule has 0 N–H and O–H groups in total. The van der Waals surface area contributed by atoms with Crippen LogP contribution in [0.2, 0.25) is 0 Å². The van der Waals surface area contributed by atoms with E-state index in [4.69, 9.17) is 0 Å². The number of benzene rings is 2.